The monoisotopic (exact) mass is 593 g/mol. The lowest BCUT2D eigenvalue weighted by atomic mass is 10.0. The van der Waals surface area contributed by atoms with E-state index in [2.05, 4.69) is 37.0 Å². The largest absolute Gasteiger partial charge is 0.494 e. The molecule has 1 amide bonds. The van der Waals surface area contributed by atoms with Crippen LogP contribution in [0, 0.1) is 11.6 Å². The summed E-state index contributed by atoms with van der Waals surface area (Å²) in [5, 5.41) is 7.73. The fourth-order valence-corrected chi connectivity index (χ4v) is 5.58. The molecule has 0 unspecified atom stereocenters. The van der Waals surface area contributed by atoms with E-state index in [0.29, 0.717) is 53.4 Å². The molecule has 226 valence electrons. The number of hydrogen-bond donors (Lipinski definition) is 2. The number of ether oxygens (including phenoxy) is 2. The van der Waals surface area contributed by atoms with Gasteiger partial charge < -0.3 is 25.0 Å². The van der Waals surface area contributed by atoms with Crippen molar-refractivity contribution in [1.29, 1.82) is 0 Å². The summed E-state index contributed by atoms with van der Waals surface area (Å²) in [5.41, 5.74) is 2.44. The highest BCUT2D eigenvalue weighted by molar-refractivity contribution is 6.02. The summed E-state index contributed by atoms with van der Waals surface area (Å²) in [6.07, 6.45) is 3.12. The van der Waals surface area contributed by atoms with Crippen LogP contribution in [0.15, 0.2) is 55.4 Å². The van der Waals surface area contributed by atoms with Crippen molar-refractivity contribution in [2.45, 2.75) is 18.5 Å². The fourth-order valence-electron chi connectivity index (χ4n) is 5.58. The lowest BCUT2D eigenvalue weighted by Gasteiger charge is -2.43. The highest BCUT2D eigenvalue weighted by Gasteiger charge is 2.31. The number of halogens is 2. The summed E-state index contributed by atoms with van der Waals surface area (Å²) in [4.78, 5) is 31.6. The van der Waals surface area contributed by atoms with Crippen LogP contribution in [-0.2, 0) is 14.4 Å². The molecule has 3 aliphatic heterocycles. The van der Waals surface area contributed by atoms with Gasteiger partial charge in [0, 0.05) is 50.8 Å². The number of anilines is 5. The Kier molecular flexibility index (Phi) is 8.36. The first kappa shape index (κ1) is 28.8. The Morgan fingerprint density at radius 2 is 1.81 bits per heavy atom. The maximum absolute atomic E-state index is 13.9. The zero-order valence-corrected chi connectivity index (χ0v) is 23.8. The third kappa shape index (κ3) is 6.24. The minimum absolute atomic E-state index is 0.335. The van der Waals surface area contributed by atoms with E-state index in [1.54, 1.807) is 19.2 Å². The molecule has 0 bridgehead atoms. The summed E-state index contributed by atoms with van der Waals surface area (Å²) in [6, 6.07) is 8.83. The molecule has 0 spiro atoms. The molecule has 1 aromatic heterocycles. The molecule has 13 heteroatoms. The first-order chi connectivity index (χ1) is 20.9. The highest BCUT2D eigenvalue weighted by Crippen LogP contribution is 2.40. The van der Waals surface area contributed by atoms with Crippen LogP contribution in [0.4, 0.5) is 37.5 Å². The molecule has 43 heavy (non-hydrogen) atoms. The molecular formula is C30H33F2N7O4. The second kappa shape index (κ2) is 12.5. The second-order valence-electron chi connectivity index (χ2n) is 10.5. The minimum Gasteiger partial charge on any atom is -0.494 e. The van der Waals surface area contributed by atoms with Crippen LogP contribution in [0.1, 0.15) is 18.0 Å². The molecule has 0 aliphatic carbocycles. The Balaban J connectivity index is 1.26. The Morgan fingerprint density at radius 1 is 1.05 bits per heavy atom. The number of aromatic nitrogens is 2. The number of methoxy groups -OCH3 is 1. The summed E-state index contributed by atoms with van der Waals surface area (Å²) in [7, 11) is 1.58. The van der Waals surface area contributed by atoms with Gasteiger partial charge in [0.1, 0.15) is 29.5 Å². The molecule has 2 N–H and O–H groups in total. The van der Waals surface area contributed by atoms with Crippen molar-refractivity contribution in [2.24, 2.45) is 0 Å². The molecule has 6 rings (SSSR count). The summed E-state index contributed by atoms with van der Waals surface area (Å²) in [6.45, 7) is 8.83. The molecular weight excluding hydrogens is 560 g/mol. The van der Waals surface area contributed by atoms with Crippen molar-refractivity contribution in [3.05, 3.63) is 72.6 Å². The van der Waals surface area contributed by atoms with Crippen LogP contribution < -0.4 is 25.3 Å². The van der Waals surface area contributed by atoms with Crippen LogP contribution in [0.5, 0.6) is 5.75 Å². The van der Waals surface area contributed by atoms with Crippen molar-refractivity contribution in [2.75, 3.05) is 73.7 Å². The van der Waals surface area contributed by atoms with Crippen LogP contribution in [0.25, 0.3) is 0 Å². The Bertz CT molecular complexity index is 1480. The number of carbonyl (C=O) groups excluding carboxylic acids is 1. The molecule has 11 nitrogen and oxygen atoms in total. The molecule has 0 saturated carbocycles. The smallest absolute Gasteiger partial charge is 0.247 e. The SMILES string of the molecule is C=CC(=O)Nc1cc(Nc2cc(N3OCC[C@@H]3c3cc(F)cc(F)c3)ncn2)c(OC)cc1N1CCN(C2COC2)CC1. The summed E-state index contributed by atoms with van der Waals surface area (Å²) in [5.74, 6) is -0.262. The zero-order chi connectivity index (χ0) is 29.9. The van der Waals surface area contributed by atoms with E-state index in [4.69, 9.17) is 14.3 Å². The zero-order valence-electron chi connectivity index (χ0n) is 23.8. The van der Waals surface area contributed by atoms with Gasteiger partial charge >= 0.3 is 0 Å². The Labute approximate surface area is 248 Å². The first-order valence-electron chi connectivity index (χ1n) is 14.1. The molecule has 3 saturated heterocycles. The van der Waals surface area contributed by atoms with E-state index in [0.717, 1.165) is 51.1 Å². The number of nitrogens with zero attached hydrogens (tertiary/aromatic N) is 5. The lowest BCUT2D eigenvalue weighted by molar-refractivity contribution is -0.111. The number of nitrogens with one attached hydrogen (secondary N) is 2. The molecule has 3 aliphatic rings. The predicted octanol–water partition coefficient (Wildman–Crippen LogP) is 4.04. The lowest BCUT2D eigenvalue weighted by Crippen LogP contribution is -2.56. The van der Waals surface area contributed by atoms with Crippen molar-refractivity contribution in [1.82, 2.24) is 14.9 Å². The first-order valence-corrected chi connectivity index (χ1v) is 14.1. The van der Waals surface area contributed by atoms with Crippen molar-refractivity contribution in [3.8, 4) is 5.75 Å². The predicted molar refractivity (Wildman–Crippen MR) is 158 cm³/mol. The molecule has 1 atom stereocenters. The van der Waals surface area contributed by atoms with Gasteiger partial charge in [0.15, 0.2) is 5.82 Å². The van der Waals surface area contributed by atoms with Gasteiger partial charge in [-0.05, 0) is 29.8 Å². The number of piperazine rings is 1. The highest BCUT2D eigenvalue weighted by atomic mass is 19.1. The minimum atomic E-state index is -0.656. The van der Waals surface area contributed by atoms with E-state index in [1.165, 1.54) is 29.6 Å². The van der Waals surface area contributed by atoms with Crippen molar-refractivity contribution in [3.63, 3.8) is 0 Å². The normalized spacial score (nSPS) is 19.2. The van der Waals surface area contributed by atoms with E-state index >= 15 is 0 Å². The number of carbonyl (C=O) groups is 1. The van der Waals surface area contributed by atoms with Gasteiger partial charge in [0.2, 0.25) is 5.91 Å². The van der Waals surface area contributed by atoms with Gasteiger partial charge in [-0.15, -0.1) is 0 Å². The van der Waals surface area contributed by atoms with Crippen LogP contribution >= 0.6 is 0 Å². The maximum Gasteiger partial charge on any atom is 0.247 e. The molecule has 3 aromatic rings. The van der Waals surface area contributed by atoms with E-state index in [1.807, 2.05) is 6.07 Å². The number of rotatable bonds is 9. The topological polar surface area (TPSA) is 104 Å². The molecule has 3 fully saturated rings. The molecule has 0 radical (unpaired) electrons. The quantitative estimate of drug-likeness (QED) is 0.354. The fraction of sp³-hybridized carbons (Fsp3) is 0.367. The van der Waals surface area contributed by atoms with Crippen LogP contribution in [0.2, 0.25) is 0 Å². The maximum atomic E-state index is 13.9. The molecule has 4 heterocycles. The third-order valence-corrected chi connectivity index (χ3v) is 7.87. The van der Waals surface area contributed by atoms with Crippen LogP contribution in [-0.4, -0.2) is 79.9 Å². The summed E-state index contributed by atoms with van der Waals surface area (Å²) < 4.78 is 39.0. The Hall–Kier alpha value is -4.33. The van der Waals surface area contributed by atoms with Gasteiger partial charge in [0.05, 0.1) is 56.1 Å². The standard InChI is InChI=1S/C30H33F2N7O4/c1-3-30(40)36-23-13-24(27(41-2)14-26(23)38-7-5-37(6-8-38)22-16-42-17-22)35-28-15-29(34-18-33-28)39-25(4-9-43-39)19-10-20(31)12-21(32)11-19/h3,10-15,18,22,25H,1,4-9,16-17H2,2H3,(H,36,40)(H,33,34,35)/t25-/m1/s1. The third-order valence-electron chi connectivity index (χ3n) is 7.87. The number of hydroxylamine groups is 1. The van der Waals surface area contributed by atoms with E-state index in [9.17, 15) is 13.6 Å². The number of hydrogen-bond acceptors (Lipinski definition) is 10. The second-order valence-corrected chi connectivity index (χ2v) is 10.5. The number of amides is 1. The number of benzene rings is 2. The average molecular weight is 594 g/mol. The van der Waals surface area contributed by atoms with E-state index < -0.39 is 17.7 Å². The van der Waals surface area contributed by atoms with E-state index in [-0.39, 0.29) is 5.91 Å². The van der Waals surface area contributed by atoms with Gasteiger partial charge in [-0.3, -0.25) is 14.5 Å². The van der Waals surface area contributed by atoms with Gasteiger partial charge in [0.25, 0.3) is 0 Å². The van der Waals surface area contributed by atoms with Crippen molar-refractivity contribution >= 4 is 34.6 Å². The summed E-state index contributed by atoms with van der Waals surface area (Å²) >= 11 is 0. The van der Waals surface area contributed by atoms with Gasteiger partial charge in [-0.25, -0.2) is 23.8 Å². The van der Waals surface area contributed by atoms with Gasteiger partial charge in [-0.1, -0.05) is 6.58 Å². The average Bonchev–Trinajstić information content (AvgIpc) is 3.47. The van der Waals surface area contributed by atoms with Crippen LogP contribution in [0.3, 0.4) is 0 Å². The Morgan fingerprint density at radius 3 is 2.49 bits per heavy atom. The van der Waals surface area contributed by atoms with Gasteiger partial charge in [-0.2, -0.15) is 0 Å². The molecule has 2 aromatic carbocycles. The van der Waals surface area contributed by atoms with Crippen molar-refractivity contribution < 1.29 is 27.9 Å².